The van der Waals surface area contributed by atoms with E-state index in [4.69, 9.17) is 5.73 Å². The highest BCUT2D eigenvalue weighted by molar-refractivity contribution is 7.09. The molecule has 6 nitrogen and oxygen atoms in total. The molecule has 0 aliphatic rings. The van der Waals surface area contributed by atoms with E-state index >= 15 is 0 Å². The van der Waals surface area contributed by atoms with E-state index in [9.17, 15) is 9.59 Å². The van der Waals surface area contributed by atoms with Crippen LogP contribution in [0.5, 0.6) is 0 Å². The average molecular weight is 318 g/mol. The van der Waals surface area contributed by atoms with Gasteiger partial charge in [-0.05, 0) is 12.1 Å². The molecule has 22 heavy (non-hydrogen) atoms. The van der Waals surface area contributed by atoms with Gasteiger partial charge in [0.2, 0.25) is 5.91 Å². The van der Waals surface area contributed by atoms with Gasteiger partial charge in [-0.3, -0.25) is 4.79 Å². The van der Waals surface area contributed by atoms with Crippen LogP contribution < -0.4 is 11.1 Å². The fourth-order valence-electron chi connectivity index (χ4n) is 1.85. The zero-order valence-corrected chi connectivity index (χ0v) is 13.3. The number of nitrogens with zero attached hydrogens (tertiary/aromatic N) is 2. The number of hydrogen-bond donors (Lipinski definition) is 2. The predicted molar refractivity (Wildman–Crippen MR) is 87.8 cm³/mol. The van der Waals surface area contributed by atoms with Gasteiger partial charge >= 0.3 is 6.03 Å². The maximum absolute atomic E-state index is 11.2. The van der Waals surface area contributed by atoms with Crippen LogP contribution in [-0.4, -0.2) is 35.4 Å². The quantitative estimate of drug-likeness (QED) is 0.886. The van der Waals surface area contributed by atoms with E-state index in [0.717, 1.165) is 22.7 Å². The standard InChI is InChI=1S/C15H18N4O2S/c1-10(20)19(2)8-7-14-18-13(9-22-14)11-3-5-12(6-4-11)17-15(16)21/h3-6,9H,7-8H2,1-2H3,(H3,16,17,21). The lowest BCUT2D eigenvalue weighted by Gasteiger charge is -2.12. The van der Waals surface area contributed by atoms with Crippen LogP contribution in [-0.2, 0) is 11.2 Å². The molecule has 1 heterocycles. The van der Waals surface area contributed by atoms with Gasteiger partial charge in [-0.15, -0.1) is 11.3 Å². The first kappa shape index (κ1) is 16.0. The topological polar surface area (TPSA) is 88.3 Å². The molecule has 0 fully saturated rings. The monoisotopic (exact) mass is 318 g/mol. The van der Waals surface area contributed by atoms with Gasteiger partial charge in [0.25, 0.3) is 0 Å². The minimum absolute atomic E-state index is 0.0503. The number of carbonyl (C=O) groups is 2. The molecule has 116 valence electrons. The summed E-state index contributed by atoms with van der Waals surface area (Å²) in [7, 11) is 1.78. The van der Waals surface area contributed by atoms with Gasteiger partial charge in [0.15, 0.2) is 0 Å². The molecule has 0 spiro atoms. The summed E-state index contributed by atoms with van der Waals surface area (Å²) in [5.74, 6) is 0.0503. The molecule has 1 aromatic carbocycles. The Morgan fingerprint density at radius 1 is 1.32 bits per heavy atom. The van der Waals surface area contributed by atoms with Gasteiger partial charge in [0, 0.05) is 43.6 Å². The molecule has 1 aromatic heterocycles. The summed E-state index contributed by atoms with van der Waals surface area (Å²) in [5.41, 5.74) is 7.57. The number of nitrogens with two attached hydrogens (primary N) is 1. The van der Waals surface area contributed by atoms with Crippen LogP contribution in [0.2, 0.25) is 0 Å². The summed E-state index contributed by atoms with van der Waals surface area (Å²) in [6, 6.07) is 6.74. The summed E-state index contributed by atoms with van der Waals surface area (Å²) in [4.78, 5) is 28.2. The number of likely N-dealkylation sites (N-methyl/N-ethyl adjacent to an activating group) is 1. The van der Waals surface area contributed by atoms with Crippen LogP contribution in [0.4, 0.5) is 10.5 Å². The molecule has 0 saturated carbocycles. The number of amides is 3. The number of benzene rings is 1. The van der Waals surface area contributed by atoms with E-state index in [1.165, 1.54) is 0 Å². The van der Waals surface area contributed by atoms with Crippen molar-refractivity contribution in [2.75, 3.05) is 18.9 Å². The van der Waals surface area contributed by atoms with Crippen molar-refractivity contribution in [3.63, 3.8) is 0 Å². The van der Waals surface area contributed by atoms with Gasteiger partial charge in [-0.1, -0.05) is 12.1 Å². The fourth-order valence-corrected chi connectivity index (χ4v) is 2.64. The maximum Gasteiger partial charge on any atom is 0.316 e. The van der Waals surface area contributed by atoms with Gasteiger partial charge in [0.1, 0.15) is 0 Å². The molecule has 3 amide bonds. The van der Waals surface area contributed by atoms with Gasteiger partial charge in [-0.2, -0.15) is 0 Å². The van der Waals surface area contributed by atoms with Crippen LogP contribution >= 0.6 is 11.3 Å². The third kappa shape index (κ3) is 4.29. The molecule has 0 aliphatic heterocycles. The third-order valence-electron chi connectivity index (χ3n) is 3.20. The molecule has 0 radical (unpaired) electrons. The molecular formula is C15H18N4O2S. The van der Waals surface area contributed by atoms with Crippen molar-refractivity contribution in [2.24, 2.45) is 5.73 Å². The second kappa shape index (κ2) is 7.04. The molecular weight excluding hydrogens is 300 g/mol. The van der Waals surface area contributed by atoms with Crippen molar-refractivity contribution < 1.29 is 9.59 Å². The van der Waals surface area contributed by atoms with Crippen molar-refractivity contribution in [3.05, 3.63) is 34.7 Å². The summed E-state index contributed by atoms with van der Waals surface area (Å²) < 4.78 is 0. The molecule has 3 N–H and O–H groups in total. The largest absolute Gasteiger partial charge is 0.351 e. The van der Waals surface area contributed by atoms with Crippen LogP contribution in [0.15, 0.2) is 29.6 Å². The number of primary amides is 1. The number of aromatic nitrogens is 1. The van der Waals surface area contributed by atoms with Crippen molar-refractivity contribution in [1.82, 2.24) is 9.88 Å². The molecule has 0 saturated heterocycles. The Hall–Kier alpha value is -2.41. The smallest absolute Gasteiger partial charge is 0.316 e. The first-order valence-electron chi connectivity index (χ1n) is 6.78. The van der Waals surface area contributed by atoms with Crippen molar-refractivity contribution in [1.29, 1.82) is 0 Å². The highest BCUT2D eigenvalue weighted by atomic mass is 32.1. The Morgan fingerprint density at radius 2 is 2.00 bits per heavy atom. The van der Waals surface area contributed by atoms with E-state index in [1.807, 2.05) is 17.5 Å². The van der Waals surface area contributed by atoms with E-state index in [0.29, 0.717) is 12.2 Å². The maximum atomic E-state index is 11.2. The average Bonchev–Trinajstić information content (AvgIpc) is 2.93. The highest BCUT2D eigenvalue weighted by Crippen LogP contribution is 2.23. The molecule has 2 rings (SSSR count). The molecule has 0 unspecified atom stereocenters. The third-order valence-corrected chi connectivity index (χ3v) is 4.11. The van der Waals surface area contributed by atoms with Crippen molar-refractivity contribution >= 4 is 29.0 Å². The van der Waals surface area contributed by atoms with E-state index in [1.54, 1.807) is 42.3 Å². The number of thiazole rings is 1. The lowest BCUT2D eigenvalue weighted by atomic mass is 10.1. The first-order valence-corrected chi connectivity index (χ1v) is 7.66. The highest BCUT2D eigenvalue weighted by Gasteiger charge is 2.07. The summed E-state index contributed by atoms with van der Waals surface area (Å²) in [6.07, 6.45) is 0.738. The lowest BCUT2D eigenvalue weighted by molar-refractivity contribution is -0.127. The lowest BCUT2D eigenvalue weighted by Crippen LogP contribution is -2.26. The molecule has 7 heteroatoms. The minimum Gasteiger partial charge on any atom is -0.351 e. The fraction of sp³-hybridized carbons (Fsp3) is 0.267. The second-order valence-corrected chi connectivity index (χ2v) is 5.83. The summed E-state index contributed by atoms with van der Waals surface area (Å²) in [6.45, 7) is 2.21. The Balaban J connectivity index is 2.01. The number of nitrogens with one attached hydrogen (secondary N) is 1. The molecule has 0 bridgehead atoms. The zero-order valence-electron chi connectivity index (χ0n) is 12.5. The number of urea groups is 1. The van der Waals surface area contributed by atoms with Gasteiger partial charge < -0.3 is 16.0 Å². The van der Waals surface area contributed by atoms with Crippen LogP contribution in [0.3, 0.4) is 0 Å². The Kier molecular flexibility index (Phi) is 5.11. The minimum atomic E-state index is -0.585. The number of rotatable bonds is 5. The van der Waals surface area contributed by atoms with Crippen molar-refractivity contribution in [3.8, 4) is 11.3 Å². The first-order chi connectivity index (χ1) is 10.5. The van der Waals surface area contributed by atoms with Crippen LogP contribution in [0.25, 0.3) is 11.3 Å². The summed E-state index contributed by atoms with van der Waals surface area (Å²) in [5, 5.41) is 5.49. The Bertz CT molecular complexity index is 666. The van der Waals surface area contributed by atoms with E-state index < -0.39 is 6.03 Å². The Labute approximate surface area is 133 Å². The van der Waals surface area contributed by atoms with E-state index in [2.05, 4.69) is 10.3 Å². The van der Waals surface area contributed by atoms with Crippen molar-refractivity contribution in [2.45, 2.75) is 13.3 Å². The van der Waals surface area contributed by atoms with Crippen LogP contribution in [0.1, 0.15) is 11.9 Å². The van der Waals surface area contributed by atoms with Gasteiger partial charge in [-0.25, -0.2) is 9.78 Å². The number of hydrogen-bond acceptors (Lipinski definition) is 4. The molecule has 2 aromatic rings. The normalized spacial score (nSPS) is 10.3. The van der Waals surface area contributed by atoms with Crippen LogP contribution in [0, 0.1) is 0 Å². The Morgan fingerprint density at radius 3 is 2.59 bits per heavy atom. The van der Waals surface area contributed by atoms with E-state index in [-0.39, 0.29) is 5.91 Å². The van der Waals surface area contributed by atoms with Gasteiger partial charge in [0.05, 0.1) is 10.7 Å². The SMILES string of the molecule is CC(=O)N(C)CCc1nc(-c2ccc(NC(N)=O)cc2)cs1. The second-order valence-electron chi connectivity index (χ2n) is 4.88. The number of carbonyl (C=O) groups excluding carboxylic acids is 2. The zero-order chi connectivity index (χ0) is 16.1. The number of anilines is 1. The molecule has 0 aliphatic carbocycles. The predicted octanol–water partition coefficient (Wildman–Crippen LogP) is 2.32. The summed E-state index contributed by atoms with van der Waals surface area (Å²) >= 11 is 1.57. The molecule has 0 atom stereocenters.